The first-order valence-electron chi connectivity index (χ1n) is 3.70. The van der Waals surface area contributed by atoms with Crippen LogP contribution < -0.4 is 0 Å². The lowest BCUT2D eigenvalue weighted by Crippen LogP contribution is -1.88. The minimum atomic E-state index is -0.103. The van der Waals surface area contributed by atoms with Gasteiger partial charge in [0.15, 0.2) is 6.29 Å². The van der Waals surface area contributed by atoms with Crippen molar-refractivity contribution in [1.29, 1.82) is 0 Å². The minimum Gasteiger partial charge on any atom is -0.506 e. The number of nitrogens with zero attached hydrogens (tertiary/aromatic N) is 2. The predicted octanol–water partition coefficient (Wildman–Crippen LogP) is 1.15. The van der Waals surface area contributed by atoms with Crippen molar-refractivity contribution < 1.29 is 9.90 Å². The Morgan fingerprint density at radius 1 is 1.38 bits per heavy atom. The summed E-state index contributed by atoms with van der Waals surface area (Å²) in [6, 6.07) is 1.64. The molecule has 2 aromatic heterocycles. The summed E-state index contributed by atoms with van der Waals surface area (Å²) >= 11 is 0. The summed E-state index contributed by atoms with van der Waals surface area (Å²) in [7, 11) is 0. The standard InChI is InChI=1S/C9H6N2O2/c12-5-7-6-1-2-10-3-8(6)11-4-9(7)13/h1-5,13H. The summed E-state index contributed by atoms with van der Waals surface area (Å²) in [6.45, 7) is 0. The van der Waals surface area contributed by atoms with E-state index in [4.69, 9.17) is 0 Å². The van der Waals surface area contributed by atoms with Crippen molar-refractivity contribution in [2.24, 2.45) is 0 Å². The molecule has 0 unspecified atom stereocenters. The zero-order valence-corrected chi connectivity index (χ0v) is 6.64. The summed E-state index contributed by atoms with van der Waals surface area (Å²) < 4.78 is 0. The normalized spacial score (nSPS) is 10.2. The zero-order chi connectivity index (χ0) is 9.26. The van der Waals surface area contributed by atoms with E-state index in [9.17, 15) is 9.90 Å². The molecule has 1 N–H and O–H groups in total. The van der Waals surface area contributed by atoms with E-state index in [-0.39, 0.29) is 11.3 Å². The minimum absolute atomic E-state index is 0.103. The molecule has 2 rings (SSSR count). The third-order valence-corrected chi connectivity index (χ3v) is 1.81. The molecule has 2 aromatic rings. The molecule has 0 aliphatic rings. The number of hydrogen-bond donors (Lipinski definition) is 1. The van der Waals surface area contributed by atoms with Gasteiger partial charge in [0.1, 0.15) is 5.75 Å². The first-order valence-corrected chi connectivity index (χ1v) is 3.70. The average Bonchev–Trinajstić information content (AvgIpc) is 2.18. The average molecular weight is 174 g/mol. The molecule has 0 aromatic carbocycles. The van der Waals surface area contributed by atoms with Crippen LogP contribution in [0.1, 0.15) is 10.4 Å². The highest BCUT2D eigenvalue weighted by molar-refractivity contribution is 5.98. The van der Waals surface area contributed by atoms with Gasteiger partial charge in [0.25, 0.3) is 0 Å². The monoisotopic (exact) mass is 174 g/mol. The predicted molar refractivity (Wildman–Crippen MR) is 46.6 cm³/mol. The molecule has 0 aliphatic carbocycles. The van der Waals surface area contributed by atoms with Gasteiger partial charge in [-0.25, -0.2) is 0 Å². The Labute approximate surface area is 73.9 Å². The van der Waals surface area contributed by atoms with Gasteiger partial charge in [0.2, 0.25) is 0 Å². The van der Waals surface area contributed by atoms with Crippen LogP contribution in [0.15, 0.2) is 24.7 Å². The second-order valence-electron chi connectivity index (χ2n) is 2.57. The number of aromatic nitrogens is 2. The third-order valence-electron chi connectivity index (χ3n) is 1.81. The summed E-state index contributed by atoms with van der Waals surface area (Å²) in [4.78, 5) is 18.4. The van der Waals surface area contributed by atoms with E-state index < -0.39 is 0 Å². The molecule has 0 saturated heterocycles. The van der Waals surface area contributed by atoms with Crippen molar-refractivity contribution in [1.82, 2.24) is 9.97 Å². The molecule has 0 atom stereocenters. The van der Waals surface area contributed by atoms with E-state index in [1.807, 2.05) is 0 Å². The topological polar surface area (TPSA) is 63.1 Å². The Balaban J connectivity index is 2.91. The largest absolute Gasteiger partial charge is 0.506 e. The fraction of sp³-hybridized carbons (Fsp3) is 0. The Hall–Kier alpha value is -1.97. The maximum Gasteiger partial charge on any atom is 0.154 e. The highest BCUT2D eigenvalue weighted by Gasteiger charge is 2.05. The maximum atomic E-state index is 10.6. The molecule has 4 heteroatoms. The highest BCUT2D eigenvalue weighted by Crippen LogP contribution is 2.21. The quantitative estimate of drug-likeness (QED) is 0.658. The number of pyridine rings is 2. The van der Waals surface area contributed by atoms with E-state index in [0.717, 1.165) is 0 Å². The summed E-state index contributed by atoms with van der Waals surface area (Å²) in [5.41, 5.74) is 0.856. The molecular formula is C9H6N2O2. The van der Waals surface area contributed by atoms with Gasteiger partial charge in [-0.15, -0.1) is 0 Å². The van der Waals surface area contributed by atoms with Crippen LogP contribution in [-0.2, 0) is 0 Å². The van der Waals surface area contributed by atoms with Gasteiger partial charge in [-0.1, -0.05) is 0 Å². The fourth-order valence-electron chi connectivity index (χ4n) is 1.18. The molecular weight excluding hydrogens is 168 g/mol. The molecule has 0 fully saturated rings. The molecule has 2 heterocycles. The van der Waals surface area contributed by atoms with Crippen molar-refractivity contribution in [2.45, 2.75) is 0 Å². The Bertz CT molecular complexity index is 468. The number of carbonyl (C=O) groups is 1. The smallest absolute Gasteiger partial charge is 0.154 e. The fourth-order valence-corrected chi connectivity index (χ4v) is 1.18. The van der Waals surface area contributed by atoms with Crippen LogP contribution in [0.4, 0.5) is 0 Å². The van der Waals surface area contributed by atoms with E-state index in [0.29, 0.717) is 17.2 Å². The van der Waals surface area contributed by atoms with Gasteiger partial charge >= 0.3 is 0 Å². The van der Waals surface area contributed by atoms with Crippen LogP contribution in [-0.4, -0.2) is 21.4 Å². The van der Waals surface area contributed by atoms with Crippen molar-refractivity contribution in [3.8, 4) is 5.75 Å². The van der Waals surface area contributed by atoms with Gasteiger partial charge in [-0.2, -0.15) is 0 Å². The lowest BCUT2D eigenvalue weighted by Gasteiger charge is -2.00. The number of rotatable bonds is 1. The van der Waals surface area contributed by atoms with Gasteiger partial charge < -0.3 is 5.11 Å². The van der Waals surface area contributed by atoms with E-state index in [1.54, 1.807) is 18.5 Å². The van der Waals surface area contributed by atoms with Gasteiger partial charge in [0, 0.05) is 11.6 Å². The number of aromatic hydroxyl groups is 1. The zero-order valence-electron chi connectivity index (χ0n) is 6.64. The molecule has 13 heavy (non-hydrogen) atoms. The van der Waals surface area contributed by atoms with Crippen LogP contribution in [0, 0.1) is 0 Å². The first-order chi connectivity index (χ1) is 6.33. The molecule has 4 nitrogen and oxygen atoms in total. The molecule has 0 spiro atoms. The number of aldehydes is 1. The SMILES string of the molecule is O=Cc1c(O)cnc2cnccc12. The van der Waals surface area contributed by atoms with Crippen LogP contribution in [0.2, 0.25) is 0 Å². The lowest BCUT2D eigenvalue weighted by atomic mass is 10.1. The van der Waals surface area contributed by atoms with Crippen molar-refractivity contribution in [3.05, 3.63) is 30.2 Å². The second-order valence-corrected chi connectivity index (χ2v) is 2.57. The Kier molecular flexibility index (Phi) is 1.66. The maximum absolute atomic E-state index is 10.6. The summed E-state index contributed by atoms with van der Waals surface area (Å²) in [5.74, 6) is -0.103. The molecule has 0 saturated carbocycles. The van der Waals surface area contributed by atoms with Gasteiger partial charge in [-0.3, -0.25) is 14.8 Å². The molecule has 0 bridgehead atoms. The highest BCUT2D eigenvalue weighted by atomic mass is 16.3. The molecule has 0 radical (unpaired) electrons. The molecule has 0 aliphatic heterocycles. The van der Waals surface area contributed by atoms with E-state index in [2.05, 4.69) is 9.97 Å². The van der Waals surface area contributed by atoms with Gasteiger partial charge in [-0.05, 0) is 6.07 Å². The lowest BCUT2D eigenvalue weighted by molar-refractivity contribution is 0.112. The number of hydrogen-bond acceptors (Lipinski definition) is 4. The van der Waals surface area contributed by atoms with Crippen LogP contribution in [0.3, 0.4) is 0 Å². The van der Waals surface area contributed by atoms with Crippen molar-refractivity contribution in [2.75, 3.05) is 0 Å². The van der Waals surface area contributed by atoms with Crippen LogP contribution in [0.25, 0.3) is 10.9 Å². The molecule has 64 valence electrons. The molecule has 0 amide bonds. The van der Waals surface area contributed by atoms with Crippen molar-refractivity contribution >= 4 is 17.2 Å². The van der Waals surface area contributed by atoms with Crippen LogP contribution in [0.5, 0.6) is 5.75 Å². The number of fused-ring (bicyclic) bond motifs is 1. The van der Waals surface area contributed by atoms with Crippen molar-refractivity contribution in [3.63, 3.8) is 0 Å². The van der Waals surface area contributed by atoms with E-state index >= 15 is 0 Å². The summed E-state index contributed by atoms with van der Waals surface area (Å²) in [6.07, 6.45) is 4.95. The van der Waals surface area contributed by atoms with E-state index in [1.165, 1.54) is 6.20 Å². The third kappa shape index (κ3) is 1.12. The summed E-state index contributed by atoms with van der Waals surface area (Å²) in [5, 5.41) is 9.91. The van der Waals surface area contributed by atoms with Gasteiger partial charge in [0.05, 0.1) is 23.5 Å². The Morgan fingerprint density at radius 3 is 3.00 bits per heavy atom. The second kappa shape index (κ2) is 2.82. The Morgan fingerprint density at radius 2 is 2.23 bits per heavy atom. The number of carbonyl (C=O) groups excluding carboxylic acids is 1. The first kappa shape index (κ1) is 7.67. The van der Waals surface area contributed by atoms with Crippen LogP contribution >= 0.6 is 0 Å².